The van der Waals surface area contributed by atoms with E-state index < -0.39 is 5.54 Å². The maximum atomic E-state index is 9.32. The molecule has 1 aromatic carbocycles. The number of benzene rings is 1. The lowest BCUT2D eigenvalue weighted by Gasteiger charge is -2.31. The van der Waals surface area contributed by atoms with Crippen LogP contribution in [0, 0.1) is 11.3 Å². The lowest BCUT2D eigenvalue weighted by Crippen LogP contribution is -2.41. The molecule has 0 fully saturated rings. The molecule has 1 aromatic rings. The third-order valence-corrected chi connectivity index (χ3v) is 3.46. The molecule has 0 heterocycles. The first-order valence-electron chi connectivity index (χ1n) is 6.37. The van der Waals surface area contributed by atoms with E-state index in [1.807, 2.05) is 49.3 Å². The maximum absolute atomic E-state index is 9.32. The van der Waals surface area contributed by atoms with Gasteiger partial charge in [-0.25, -0.2) is 0 Å². The van der Waals surface area contributed by atoms with Crippen LogP contribution in [0.1, 0.15) is 12.0 Å². The maximum Gasteiger partial charge on any atom is 0.131 e. The number of likely N-dealkylation sites (N-methyl/N-ethyl adjacent to an activating group) is 1. The molecule has 2 nitrogen and oxygen atoms in total. The summed E-state index contributed by atoms with van der Waals surface area (Å²) in [6.07, 6.45) is 11.0. The third-order valence-electron chi connectivity index (χ3n) is 3.46. The predicted octanol–water partition coefficient (Wildman–Crippen LogP) is 3.41. The van der Waals surface area contributed by atoms with Crippen LogP contribution in [0.2, 0.25) is 0 Å². The van der Waals surface area contributed by atoms with Crippen LogP contribution >= 0.6 is 0 Å². The van der Waals surface area contributed by atoms with Gasteiger partial charge in [0.05, 0.1) is 6.07 Å². The molecule has 2 heteroatoms. The van der Waals surface area contributed by atoms with Crippen molar-refractivity contribution < 1.29 is 0 Å². The van der Waals surface area contributed by atoms with E-state index in [9.17, 15) is 5.26 Å². The van der Waals surface area contributed by atoms with Crippen molar-refractivity contribution in [2.75, 3.05) is 14.1 Å². The molecule has 0 saturated heterocycles. The first kappa shape index (κ1) is 13.3. The van der Waals surface area contributed by atoms with E-state index in [0.717, 1.165) is 12.0 Å². The topological polar surface area (TPSA) is 27.0 Å². The predicted molar refractivity (Wildman–Crippen MR) is 79.3 cm³/mol. The molecule has 0 bridgehead atoms. The van der Waals surface area contributed by atoms with Gasteiger partial charge in [-0.2, -0.15) is 5.26 Å². The van der Waals surface area contributed by atoms with Crippen LogP contribution < -0.4 is 0 Å². The fraction of sp³-hybridized carbons (Fsp3) is 0.235. The van der Waals surface area contributed by atoms with E-state index in [0.29, 0.717) is 0 Å². The summed E-state index contributed by atoms with van der Waals surface area (Å²) in [6.45, 7) is 0. The van der Waals surface area contributed by atoms with Gasteiger partial charge in [0.25, 0.3) is 0 Å². The van der Waals surface area contributed by atoms with Crippen LogP contribution in [0.4, 0.5) is 0 Å². The van der Waals surface area contributed by atoms with Crippen molar-refractivity contribution in [3.8, 4) is 6.07 Å². The number of allylic oxidation sites excluding steroid dienone is 3. The Kier molecular flexibility index (Phi) is 3.99. The highest BCUT2D eigenvalue weighted by atomic mass is 15.1. The molecule has 2 rings (SSSR count). The Morgan fingerprint density at radius 3 is 2.47 bits per heavy atom. The van der Waals surface area contributed by atoms with E-state index in [-0.39, 0.29) is 0 Å². The molecule has 1 aliphatic rings. The standard InChI is InChI=1S/C17H18N2/c1-19(2)17(14-18)12-10-16(11-13-17)9-8-15-6-4-3-5-7-15/h3-12H,13H2,1-2H3. The third kappa shape index (κ3) is 3.01. The number of hydrogen-bond donors (Lipinski definition) is 0. The summed E-state index contributed by atoms with van der Waals surface area (Å²) >= 11 is 0. The second kappa shape index (κ2) is 5.69. The van der Waals surface area contributed by atoms with E-state index >= 15 is 0 Å². The average molecular weight is 250 g/mol. The van der Waals surface area contributed by atoms with Crippen molar-refractivity contribution in [2.45, 2.75) is 12.0 Å². The highest BCUT2D eigenvalue weighted by Crippen LogP contribution is 2.25. The first-order chi connectivity index (χ1) is 9.16. The van der Waals surface area contributed by atoms with Gasteiger partial charge in [-0.3, -0.25) is 4.90 Å². The summed E-state index contributed by atoms with van der Waals surface area (Å²) in [4.78, 5) is 1.96. The average Bonchev–Trinajstić information content (AvgIpc) is 2.46. The number of rotatable bonds is 3. The highest BCUT2D eigenvalue weighted by molar-refractivity contribution is 5.55. The van der Waals surface area contributed by atoms with Crippen LogP contribution in [0.3, 0.4) is 0 Å². The van der Waals surface area contributed by atoms with Crippen molar-refractivity contribution in [2.24, 2.45) is 0 Å². The molecular formula is C17H18N2. The van der Waals surface area contributed by atoms with Crippen molar-refractivity contribution >= 4 is 6.08 Å². The summed E-state index contributed by atoms with van der Waals surface area (Å²) in [6, 6.07) is 12.6. The first-order valence-corrected chi connectivity index (χ1v) is 6.37. The molecule has 96 valence electrons. The Balaban J connectivity index is 2.09. The summed E-state index contributed by atoms with van der Waals surface area (Å²) in [7, 11) is 3.87. The Bertz CT molecular complexity index is 559. The zero-order valence-electron chi connectivity index (χ0n) is 11.4. The summed E-state index contributed by atoms with van der Waals surface area (Å²) in [5.41, 5.74) is 1.84. The zero-order valence-corrected chi connectivity index (χ0v) is 11.4. The fourth-order valence-corrected chi connectivity index (χ4v) is 2.04. The van der Waals surface area contributed by atoms with Gasteiger partial charge in [0.15, 0.2) is 0 Å². The van der Waals surface area contributed by atoms with Gasteiger partial charge in [0.2, 0.25) is 0 Å². The van der Waals surface area contributed by atoms with Crippen LogP contribution in [-0.4, -0.2) is 24.5 Å². The monoisotopic (exact) mass is 250 g/mol. The smallest absolute Gasteiger partial charge is 0.131 e. The zero-order chi connectivity index (χ0) is 13.7. The Hall–Kier alpha value is -2.11. The van der Waals surface area contributed by atoms with Crippen molar-refractivity contribution in [1.82, 2.24) is 4.90 Å². The van der Waals surface area contributed by atoms with Crippen molar-refractivity contribution in [3.05, 3.63) is 65.8 Å². The van der Waals surface area contributed by atoms with Gasteiger partial charge in [-0.05, 0) is 31.3 Å². The lowest BCUT2D eigenvalue weighted by molar-refractivity contribution is 0.271. The van der Waals surface area contributed by atoms with E-state index in [2.05, 4.69) is 36.4 Å². The SMILES string of the molecule is CN(C)C1(C#N)C=CC(C=Cc2ccccc2)=CC1. The lowest BCUT2D eigenvalue weighted by atomic mass is 9.88. The highest BCUT2D eigenvalue weighted by Gasteiger charge is 2.30. The Morgan fingerprint density at radius 1 is 1.21 bits per heavy atom. The second-order valence-electron chi connectivity index (χ2n) is 4.92. The molecule has 0 aromatic heterocycles. The molecule has 0 spiro atoms. The number of nitrogens with zero attached hydrogens (tertiary/aromatic N) is 2. The van der Waals surface area contributed by atoms with Crippen LogP contribution in [0.25, 0.3) is 6.08 Å². The molecule has 0 amide bonds. The quantitative estimate of drug-likeness (QED) is 0.822. The van der Waals surface area contributed by atoms with E-state index in [4.69, 9.17) is 0 Å². The minimum Gasteiger partial charge on any atom is -0.288 e. The Labute approximate surface area is 115 Å². The normalized spacial score (nSPS) is 22.5. The number of hydrogen-bond acceptors (Lipinski definition) is 2. The summed E-state index contributed by atoms with van der Waals surface area (Å²) in [5, 5.41) is 9.32. The molecule has 19 heavy (non-hydrogen) atoms. The van der Waals surface area contributed by atoms with Gasteiger partial charge in [0, 0.05) is 6.42 Å². The molecule has 1 unspecified atom stereocenters. The molecule has 0 aliphatic heterocycles. The molecule has 0 N–H and O–H groups in total. The molecule has 1 aliphatic carbocycles. The van der Waals surface area contributed by atoms with Crippen LogP contribution in [0.15, 0.2) is 60.2 Å². The largest absolute Gasteiger partial charge is 0.288 e. The fourth-order valence-electron chi connectivity index (χ4n) is 2.04. The van der Waals surface area contributed by atoms with Gasteiger partial charge < -0.3 is 0 Å². The minimum absolute atomic E-state index is 0.496. The molecular weight excluding hydrogens is 232 g/mol. The van der Waals surface area contributed by atoms with Gasteiger partial charge in [-0.1, -0.05) is 54.6 Å². The second-order valence-corrected chi connectivity index (χ2v) is 4.92. The van der Waals surface area contributed by atoms with Gasteiger partial charge in [0.1, 0.15) is 5.54 Å². The summed E-state index contributed by atoms with van der Waals surface area (Å²) in [5.74, 6) is 0. The Morgan fingerprint density at radius 2 is 1.95 bits per heavy atom. The van der Waals surface area contributed by atoms with Crippen LogP contribution in [-0.2, 0) is 0 Å². The molecule has 0 radical (unpaired) electrons. The van der Waals surface area contributed by atoms with Crippen LogP contribution in [0.5, 0.6) is 0 Å². The van der Waals surface area contributed by atoms with E-state index in [1.165, 1.54) is 5.56 Å². The molecule has 1 atom stereocenters. The van der Waals surface area contributed by atoms with Gasteiger partial charge in [-0.15, -0.1) is 0 Å². The van der Waals surface area contributed by atoms with Gasteiger partial charge >= 0.3 is 0 Å². The van der Waals surface area contributed by atoms with Crippen molar-refractivity contribution in [3.63, 3.8) is 0 Å². The minimum atomic E-state index is -0.496. The summed E-state index contributed by atoms with van der Waals surface area (Å²) < 4.78 is 0. The number of nitriles is 1. The molecule has 0 saturated carbocycles. The van der Waals surface area contributed by atoms with Crippen molar-refractivity contribution in [1.29, 1.82) is 5.26 Å². The van der Waals surface area contributed by atoms with E-state index in [1.54, 1.807) is 0 Å².